The van der Waals surface area contributed by atoms with E-state index in [1.54, 1.807) is 14.0 Å². The second-order valence-corrected chi connectivity index (χ2v) is 1.53. The molecule has 0 saturated heterocycles. The van der Waals surface area contributed by atoms with E-state index in [9.17, 15) is 0 Å². The van der Waals surface area contributed by atoms with Crippen molar-refractivity contribution < 1.29 is 5.11 Å². The number of nitrogens with two attached hydrogens (primary N) is 1. The van der Waals surface area contributed by atoms with E-state index < -0.39 is 5.85 Å². The molecule has 0 heterocycles. The smallest absolute Gasteiger partial charge is 0.168 e. The zero-order chi connectivity index (χ0) is 5.91. The molecule has 4 N–H and O–H groups in total. The second-order valence-electron chi connectivity index (χ2n) is 1.53. The fourth-order valence-corrected chi connectivity index (χ4v) is 0.177. The molecule has 0 rings (SSSR count). The van der Waals surface area contributed by atoms with Gasteiger partial charge in [-0.25, -0.2) is 0 Å². The zero-order valence-electron chi connectivity index (χ0n) is 4.73. The van der Waals surface area contributed by atoms with E-state index in [4.69, 9.17) is 10.8 Å². The van der Waals surface area contributed by atoms with Gasteiger partial charge < -0.3 is 5.11 Å². The van der Waals surface area contributed by atoms with Gasteiger partial charge in [-0.05, 0) is 7.05 Å². The highest BCUT2D eigenvalue weighted by Gasteiger charge is 2.12. The molecule has 0 aromatic heterocycles. The van der Waals surface area contributed by atoms with Crippen LogP contribution in [0.1, 0.15) is 13.3 Å². The molecule has 1 unspecified atom stereocenters. The maximum absolute atomic E-state index is 8.80. The summed E-state index contributed by atoms with van der Waals surface area (Å²) in [5, 5.41) is 11.3. The van der Waals surface area contributed by atoms with Gasteiger partial charge in [0.05, 0.1) is 0 Å². The van der Waals surface area contributed by atoms with Gasteiger partial charge in [-0.2, -0.15) is 0 Å². The van der Waals surface area contributed by atoms with Crippen molar-refractivity contribution in [1.82, 2.24) is 5.32 Å². The Bertz CT molecular complexity index is 47.7. The van der Waals surface area contributed by atoms with Gasteiger partial charge in [-0.15, -0.1) is 0 Å². The minimum absolute atomic E-state index is 0.517. The molecular formula is C4H12N2O. The average molecular weight is 104 g/mol. The fourth-order valence-electron chi connectivity index (χ4n) is 0.177. The summed E-state index contributed by atoms with van der Waals surface area (Å²) < 4.78 is 0. The SMILES string of the molecule is CCC(N)(O)NC. The first-order chi connectivity index (χ1) is 3.12. The highest BCUT2D eigenvalue weighted by molar-refractivity contribution is 4.59. The van der Waals surface area contributed by atoms with Crippen molar-refractivity contribution in [3.05, 3.63) is 0 Å². The summed E-state index contributed by atoms with van der Waals surface area (Å²) in [5.74, 6) is -1.17. The van der Waals surface area contributed by atoms with Crippen LogP contribution in [-0.4, -0.2) is 18.0 Å². The molecule has 0 aliphatic heterocycles. The lowest BCUT2D eigenvalue weighted by Gasteiger charge is -2.18. The number of rotatable bonds is 2. The minimum Gasteiger partial charge on any atom is -0.363 e. The van der Waals surface area contributed by atoms with Crippen LogP contribution < -0.4 is 11.1 Å². The van der Waals surface area contributed by atoms with Gasteiger partial charge in [0.1, 0.15) is 0 Å². The molecule has 7 heavy (non-hydrogen) atoms. The lowest BCUT2D eigenvalue weighted by Crippen LogP contribution is -2.50. The van der Waals surface area contributed by atoms with Crippen LogP contribution in [-0.2, 0) is 0 Å². The summed E-state index contributed by atoms with van der Waals surface area (Å²) in [4.78, 5) is 0. The Morgan fingerprint density at radius 3 is 2.29 bits per heavy atom. The van der Waals surface area contributed by atoms with Gasteiger partial charge >= 0.3 is 0 Å². The van der Waals surface area contributed by atoms with Crippen molar-refractivity contribution in [1.29, 1.82) is 0 Å². The summed E-state index contributed by atoms with van der Waals surface area (Å²) in [6, 6.07) is 0. The van der Waals surface area contributed by atoms with Gasteiger partial charge in [0, 0.05) is 6.42 Å². The molecule has 0 aliphatic rings. The van der Waals surface area contributed by atoms with Crippen LogP contribution in [0.4, 0.5) is 0 Å². The van der Waals surface area contributed by atoms with Crippen LogP contribution in [0.5, 0.6) is 0 Å². The molecule has 0 fully saturated rings. The van der Waals surface area contributed by atoms with E-state index in [0.29, 0.717) is 6.42 Å². The molecule has 3 heteroatoms. The largest absolute Gasteiger partial charge is 0.363 e. The summed E-state index contributed by atoms with van der Waals surface area (Å²) >= 11 is 0. The summed E-state index contributed by atoms with van der Waals surface area (Å²) in [7, 11) is 1.61. The van der Waals surface area contributed by atoms with Crippen molar-refractivity contribution in [2.24, 2.45) is 5.73 Å². The maximum atomic E-state index is 8.80. The third kappa shape index (κ3) is 2.56. The number of aliphatic hydroxyl groups is 1. The molecule has 44 valence electrons. The Morgan fingerprint density at radius 2 is 2.29 bits per heavy atom. The van der Waals surface area contributed by atoms with E-state index in [-0.39, 0.29) is 0 Å². The number of hydrogen-bond donors (Lipinski definition) is 3. The van der Waals surface area contributed by atoms with Gasteiger partial charge in [0.2, 0.25) is 0 Å². The van der Waals surface area contributed by atoms with E-state index in [1.165, 1.54) is 0 Å². The number of nitrogens with one attached hydrogen (secondary N) is 1. The van der Waals surface area contributed by atoms with Crippen LogP contribution >= 0.6 is 0 Å². The first-order valence-electron chi connectivity index (χ1n) is 2.32. The standard InChI is InChI=1S/C4H12N2O/c1-3-4(5,7)6-2/h6-7H,3,5H2,1-2H3. The normalized spacial score (nSPS) is 18.9. The molecule has 0 radical (unpaired) electrons. The predicted molar refractivity (Wildman–Crippen MR) is 28.5 cm³/mol. The Morgan fingerprint density at radius 1 is 1.86 bits per heavy atom. The highest BCUT2D eigenvalue weighted by atomic mass is 16.3. The van der Waals surface area contributed by atoms with Crippen LogP contribution in [0, 0.1) is 0 Å². The van der Waals surface area contributed by atoms with Gasteiger partial charge in [-0.3, -0.25) is 11.1 Å². The Hall–Kier alpha value is -0.120. The highest BCUT2D eigenvalue weighted by Crippen LogP contribution is 1.90. The molecule has 1 atom stereocenters. The van der Waals surface area contributed by atoms with Crippen molar-refractivity contribution in [3.8, 4) is 0 Å². The first kappa shape index (κ1) is 6.88. The van der Waals surface area contributed by atoms with Crippen LogP contribution in [0.15, 0.2) is 0 Å². The van der Waals surface area contributed by atoms with E-state index in [1.807, 2.05) is 0 Å². The monoisotopic (exact) mass is 104 g/mol. The Balaban J connectivity index is 3.36. The van der Waals surface area contributed by atoms with Crippen molar-refractivity contribution in [2.75, 3.05) is 7.05 Å². The van der Waals surface area contributed by atoms with E-state index in [2.05, 4.69) is 5.32 Å². The van der Waals surface area contributed by atoms with Gasteiger partial charge in [0.15, 0.2) is 5.85 Å². The Kier molecular flexibility index (Phi) is 2.22. The molecular weight excluding hydrogens is 92.1 g/mol. The van der Waals surface area contributed by atoms with Crippen molar-refractivity contribution in [3.63, 3.8) is 0 Å². The first-order valence-corrected chi connectivity index (χ1v) is 2.32. The second kappa shape index (κ2) is 2.26. The lowest BCUT2D eigenvalue weighted by molar-refractivity contribution is 0.0155. The molecule has 3 nitrogen and oxygen atoms in total. The predicted octanol–water partition coefficient (Wildman–Crippen LogP) is -0.779. The lowest BCUT2D eigenvalue weighted by atomic mass is 10.3. The molecule has 0 spiro atoms. The number of hydrogen-bond acceptors (Lipinski definition) is 3. The maximum Gasteiger partial charge on any atom is 0.168 e. The average Bonchev–Trinajstić information content (AvgIpc) is 1.68. The van der Waals surface area contributed by atoms with Crippen LogP contribution in [0.25, 0.3) is 0 Å². The Labute approximate surface area is 43.5 Å². The molecule has 0 aromatic carbocycles. The summed E-state index contributed by atoms with van der Waals surface area (Å²) in [6.45, 7) is 1.80. The third-order valence-corrected chi connectivity index (χ3v) is 0.972. The summed E-state index contributed by atoms with van der Waals surface area (Å²) in [5.41, 5.74) is 5.16. The molecule has 0 aromatic rings. The minimum atomic E-state index is -1.17. The van der Waals surface area contributed by atoms with Crippen LogP contribution in [0.2, 0.25) is 0 Å². The topological polar surface area (TPSA) is 58.3 Å². The van der Waals surface area contributed by atoms with Gasteiger partial charge in [0.25, 0.3) is 0 Å². The van der Waals surface area contributed by atoms with E-state index in [0.717, 1.165) is 0 Å². The fraction of sp³-hybridized carbons (Fsp3) is 1.00. The van der Waals surface area contributed by atoms with Gasteiger partial charge in [-0.1, -0.05) is 6.92 Å². The van der Waals surface area contributed by atoms with Crippen molar-refractivity contribution >= 4 is 0 Å². The van der Waals surface area contributed by atoms with Crippen molar-refractivity contribution in [2.45, 2.75) is 19.2 Å². The van der Waals surface area contributed by atoms with E-state index >= 15 is 0 Å². The molecule has 0 bridgehead atoms. The molecule has 0 amide bonds. The summed E-state index contributed by atoms with van der Waals surface area (Å²) in [6.07, 6.45) is 0.517. The molecule has 0 saturated carbocycles. The molecule has 0 aliphatic carbocycles. The van der Waals surface area contributed by atoms with Crippen LogP contribution in [0.3, 0.4) is 0 Å². The zero-order valence-corrected chi connectivity index (χ0v) is 4.73. The quantitative estimate of drug-likeness (QED) is 0.403. The third-order valence-electron chi connectivity index (χ3n) is 0.972.